The summed E-state index contributed by atoms with van der Waals surface area (Å²) in [6, 6.07) is 0. The first-order chi connectivity index (χ1) is 11.1. The van der Waals surface area contributed by atoms with Crippen molar-refractivity contribution in [2.75, 3.05) is 19.8 Å². The van der Waals surface area contributed by atoms with E-state index in [0.29, 0.717) is 17.8 Å². The third kappa shape index (κ3) is 2.61. The van der Waals surface area contributed by atoms with E-state index in [2.05, 4.69) is 19.1 Å². The highest BCUT2D eigenvalue weighted by molar-refractivity contribution is 5.28. The Morgan fingerprint density at radius 2 is 2.09 bits per heavy atom. The van der Waals surface area contributed by atoms with Crippen molar-refractivity contribution in [2.24, 2.45) is 35.0 Å². The molecule has 3 aliphatic rings. The van der Waals surface area contributed by atoms with Crippen LogP contribution in [0.2, 0.25) is 0 Å². The zero-order chi connectivity index (χ0) is 16.6. The molecule has 0 aromatic carbocycles. The van der Waals surface area contributed by atoms with E-state index in [9.17, 15) is 15.3 Å². The van der Waals surface area contributed by atoms with Crippen molar-refractivity contribution in [1.29, 1.82) is 0 Å². The Morgan fingerprint density at radius 1 is 1.30 bits per heavy atom. The fourth-order valence-electron chi connectivity index (χ4n) is 6.04. The Bertz CT molecular complexity index is 495. The molecule has 130 valence electrons. The largest absolute Gasteiger partial charge is 0.396 e. The summed E-state index contributed by atoms with van der Waals surface area (Å²) >= 11 is 0. The van der Waals surface area contributed by atoms with Crippen LogP contribution in [-0.2, 0) is 0 Å². The number of aliphatic hydroxyl groups excluding tert-OH is 3. The van der Waals surface area contributed by atoms with Crippen molar-refractivity contribution < 1.29 is 15.3 Å². The van der Waals surface area contributed by atoms with Crippen molar-refractivity contribution in [2.45, 2.75) is 46.0 Å². The predicted octanol–water partition coefficient (Wildman–Crippen LogP) is 2.91. The molecule has 3 rings (SSSR count). The van der Waals surface area contributed by atoms with Gasteiger partial charge in [-0.3, -0.25) is 0 Å². The minimum atomic E-state index is -0.0513. The smallest absolute Gasteiger partial charge is 0.0644 e. The lowest BCUT2D eigenvalue weighted by molar-refractivity contribution is -0.196. The molecule has 2 saturated carbocycles. The van der Waals surface area contributed by atoms with Crippen LogP contribution >= 0.6 is 0 Å². The predicted molar refractivity (Wildman–Crippen MR) is 91.7 cm³/mol. The van der Waals surface area contributed by atoms with Gasteiger partial charge in [0.15, 0.2) is 0 Å². The topological polar surface area (TPSA) is 60.7 Å². The third-order valence-corrected chi connectivity index (χ3v) is 7.25. The second kappa shape index (κ2) is 6.70. The minimum Gasteiger partial charge on any atom is -0.396 e. The molecule has 3 nitrogen and oxygen atoms in total. The Balaban J connectivity index is 1.85. The first-order valence-electron chi connectivity index (χ1n) is 9.26. The van der Waals surface area contributed by atoms with Gasteiger partial charge in [-0.15, -0.1) is 0 Å². The fraction of sp³-hybridized carbons (Fsp3) is 0.800. The normalized spacial score (nSPS) is 42.7. The van der Waals surface area contributed by atoms with E-state index >= 15 is 0 Å². The lowest BCUT2D eigenvalue weighted by atomic mass is 9.36. The molecule has 0 spiro atoms. The number of allylic oxidation sites excluding steroid dienone is 2. The van der Waals surface area contributed by atoms with Gasteiger partial charge < -0.3 is 15.3 Å². The molecule has 6 unspecified atom stereocenters. The van der Waals surface area contributed by atoms with Gasteiger partial charge in [-0.05, 0) is 67.8 Å². The van der Waals surface area contributed by atoms with E-state index in [4.69, 9.17) is 0 Å². The quantitative estimate of drug-likeness (QED) is 0.660. The summed E-state index contributed by atoms with van der Waals surface area (Å²) in [6.45, 7) is 4.81. The van der Waals surface area contributed by atoms with Gasteiger partial charge in [0.05, 0.1) is 13.2 Å². The molecule has 2 fully saturated rings. The summed E-state index contributed by atoms with van der Waals surface area (Å²) in [5.41, 5.74) is 2.13. The zero-order valence-electron chi connectivity index (χ0n) is 14.5. The molecule has 3 aliphatic carbocycles. The molecule has 6 atom stereocenters. The Morgan fingerprint density at radius 3 is 2.74 bits per heavy atom. The van der Waals surface area contributed by atoms with Crippen LogP contribution in [-0.4, -0.2) is 35.1 Å². The van der Waals surface area contributed by atoms with Crippen LogP contribution in [0.5, 0.6) is 0 Å². The molecule has 0 heterocycles. The molecular formula is C20H32O3. The van der Waals surface area contributed by atoms with Gasteiger partial charge in [-0.2, -0.15) is 0 Å². The first kappa shape index (κ1) is 17.2. The van der Waals surface area contributed by atoms with Crippen LogP contribution in [0.1, 0.15) is 46.0 Å². The summed E-state index contributed by atoms with van der Waals surface area (Å²) in [5.74, 6) is 3.15. The second-order valence-corrected chi connectivity index (χ2v) is 8.19. The number of hydrogen-bond acceptors (Lipinski definition) is 3. The van der Waals surface area contributed by atoms with Crippen molar-refractivity contribution in [1.82, 2.24) is 0 Å². The molecule has 0 bridgehead atoms. The lowest BCUT2D eigenvalue weighted by Crippen LogP contribution is -2.65. The molecule has 3 N–H and O–H groups in total. The van der Waals surface area contributed by atoms with Crippen LogP contribution < -0.4 is 0 Å². The molecule has 0 aromatic rings. The van der Waals surface area contributed by atoms with Crippen molar-refractivity contribution >= 4 is 0 Å². The molecule has 0 aromatic heterocycles. The van der Waals surface area contributed by atoms with Gasteiger partial charge in [0, 0.05) is 12.0 Å². The van der Waals surface area contributed by atoms with Crippen LogP contribution in [0.15, 0.2) is 23.3 Å². The third-order valence-electron chi connectivity index (χ3n) is 7.25. The van der Waals surface area contributed by atoms with E-state index in [0.717, 1.165) is 36.7 Å². The van der Waals surface area contributed by atoms with E-state index in [1.54, 1.807) is 0 Å². The highest BCUT2D eigenvalue weighted by Crippen LogP contribution is 2.69. The number of aliphatic hydroxyl groups is 3. The Labute approximate surface area is 140 Å². The first-order valence-corrected chi connectivity index (χ1v) is 9.26. The van der Waals surface area contributed by atoms with E-state index in [-0.39, 0.29) is 25.2 Å². The molecule has 0 saturated heterocycles. The average molecular weight is 320 g/mol. The SMILES string of the molecule is CC(=CCCC1(CO)C2CCC(C)C3CC=C(CO)C1C32)CO. The summed E-state index contributed by atoms with van der Waals surface area (Å²) in [6.07, 6.45) is 9.85. The monoisotopic (exact) mass is 320 g/mol. The Hall–Kier alpha value is -0.640. The second-order valence-electron chi connectivity index (χ2n) is 8.19. The molecular weight excluding hydrogens is 288 g/mol. The Kier molecular flexibility index (Phi) is 5.01. The molecule has 0 radical (unpaired) electrons. The van der Waals surface area contributed by atoms with Gasteiger partial charge in [0.1, 0.15) is 0 Å². The van der Waals surface area contributed by atoms with Crippen LogP contribution in [0.3, 0.4) is 0 Å². The maximum absolute atomic E-state index is 10.3. The van der Waals surface area contributed by atoms with Gasteiger partial charge in [0.2, 0.25) is 0 Å². The minimum absolute atomic E-state index is 0.0513. The summed E-state index contributed by atoms with van der Waals surface area (Å²) in [7, 11) is 0. The van der Waals surface area contributed by atoms with Crippen LogP contribution in [0, 0.1) is 35.0 Å². The van der Waals surface area contributed by atoms with Crippen LogP contribution in [0.25, 0.3) is 0 Å². The number of rotatable bonds is 6. The average Bonchev–Trinajstić information content (AvgIpc) is 2.57. The molecule has 0 amide bonds. The summed E-state index contributed by atoms with van der Waals surface area (Å²) < 4.78 is 0. The van der Waals surface area contributed by atoms with Crippen LogP contribution in [0.4, 0.5) is 0 Å². The van der Waals surface area contributed by atoms with Gasteiger partial charge in [0.25, 0.3) is 0 Å². The maximum Gasteiger partial charge on any atom is 0.0644 e. The highest BCUT2D eigenvalue weighted by atomic mass is 16.3. The zero-order valence-corrected chi connectivity index (χ0v) is 14.5. The lowest BCUT2D eigenvalue weighted by Gasteiger charge is -2.68. The van der Waals surface area contributed by atoms with Gasteiger partial charge >= 0.3 is 0 Å². The number of hydrogen-bond donors (Lipinski definition) is 3. The van der Waals surface area contributed by atoms with Crippen molar-refractivity contribution in [3.63, 3.8) is 0 Å². The molecule has 3 heteroatoms. The van der Waals surface area contributed by atoms with Crippen molar-refractivity contribution in [3.8, 4) is 0 Å². The van der Waals surface area contributed by atoms with E-state index < -0.39 is 0 Å². The summed E-state index contributed by atoms with van der Waals surface area (Å²) in [5, 5.41) is 29.3. The standard InChI is InChI=1S/C20H32O3/c1-13(10-21)4-3-9-20(12-23)17-8-5-14(2)16-7-6-15(11-22)19(20)18(16)17/h4,6,14,16-19,21-23H,3,5,7-12H2,1-2H3. The van der Waals surface area contributed by atoms with E-state index in [1.807, 2.05) is 6.92 Å². The van der Waals surface area contributed by atoms with Crippen molar-refractivity contribution in [3.05, 3.63) is 23.3 Å². The fourth-order valence-corrected chi connectivity index (χ4v) is 6.04. The highest BCUT2D eigenvalue weighted by Gasteiger charge is 2.65. The maximum atomic E-state index is 10.3. The van der Waals surface area contributed by atoms with E-state index in [1.165, 1.54) is 18.4 Å². The molecule has 23 heavy (non-hydrogen) atoms. The van der Waals surface area contributed by atoms with Gasteiger partial charge in [-0.1, -0.05) is 31.1 Å². The summed E-state index contributed by atoms with van der Waals surface area (Å²) in [4.78, 5) is 0. The molecule has 0 aliphatic heterocycles. The van der Waals surface area contributed by atoms with Gasteiger partial charge in [-0.25, -0.2) is 0 Å².